The SMILES string of the molecule is Cc1cccnc1CNC(=O)[C@@H](N)Cc1ccccc1. The largest absolute Gasteiger partial charge is 0.349 e. The molecule has 1 aromatic heterocycles. The second kappa shape index (κ2) is 6.82. The Morgan fingerprint density at radius 3 is 2.70 bits per heavy atom. The molecule has 0 fully saturated rings. The molecule has 0 bridgehead atoms. The second-order valence-corrected chi connectivity index (χ2v) is 4.78. The van der Waals surface area contributed by atoms with Crippen LogP contribution >= 0.6 is 0 Å². The third-order valence-electron chi connectivity index (χ3n) is 3.18. The molecule has 0 saturated heterocycles. The highest BCUT2D eigenvalue weighted by molar-refractivity contribution is 5.81. The van der Waals surface area contributed by atoms with Gasteiger partial charge in [-0.3, -0.25) is 9.78 Å². The van der Waals surface area contributed by atoms with Crippen molar-refractivity contribution in [1.82, 2.24) is 10.3 Å². The average molecular weight is 269 g/mol. The van der Waals surface area contributed by atoms with Crippen LogP contribution in [0.4, 0.5) is 0 Å². The third kappa shape index (κ3) is 3.90. The monoisotopic (exact) mass is 269 g/mol. The topological polar surface area (TPSA) is 68.0 Å². The normalized spacial score (nSPS) is 11.9. The predicted molar refractivity (Wildman–Crippen MR) is 78.9 cm³/mol. The van der Waals surface area contributed by atoms with Gasteiger partial charge in [-0.05, 0) is 30.5 Å². The number of rotatable bonds is 5. The summed E-state index contributed by atoms with van der Waals surface area (Å²) in [6, 6.07) is 13.1. The number of nitrogens with two attached hydrogens (primary N) is 1. The Kier molecular flexibility index (Phi) is 4.85. The van der Waals surface area contributed by atoms with Crippen LogP contribution in [0.3, 0.4) is 0 Å². The van der Waals surface area contributed by atoms with Crippen LogP contribution in [0.1, 0.15) is 16.8 Å². The van der Waals surface area contributed by atoms with Crippen molar-refractivity contribution < 1.29 is 4.79 Å². The third-order valence-corrected chi connectivity index (χ3v) is 3.18. The number of aromatic nitrogens is 1. The van der Waals surface area contributed by atoms with E-state index < -0.39 is 6.04 Å². The van der Waals surface area contributed by atoms with E-state index in [9.17, 15) is 4.79 Å². The molecule has 0 aliphatic rings. The number of nitrogens with one attached hydrogen (secondary N) is 1. The van der Waals surface area contributed by atoms with Gasteiger partial charge < -0.3 is 11.1 Å². The number of nitrogens with zero attached hydrogens (tertiary/aromatic N) is 1. The van der Waals surface area contributed by atoms with Gasteiger partial charge in [0.1, 0.15) is 0 Å². The van der Waals surface area contributed by atoms with Crippen LogP contribution in [-0.4, -0.2) is 16.9 Å². The van der Waals surface area contributed by atoms with E-state index in [4.69, 9.17) is 5.73 Å². The number of amides is 1. The summed E-state index contributed by atoms with van der Waals surface area (Å²) in [5.74, 6) is -0.154. The zero-order valence-corrected chi connectivity index (χ0v) is 11.5. The smallest absolute Gasteiger partial charge is 0.237 e. The van der Waals surface area contributed by atoms with E-state index >= 15 is 0 Å². The lowest BCUT2D eigenvalue weighted by Gasteiger charge is -2.12. The highest BCUT2D eigenvalue weighted by Crippen LogP contribution is 2.04. The first-order valence-corrected chi connectivity index (χ1v) is 6.64. The van der Waals surface area contributed by atoms with Crippen molar-refractivity contribution in [3.63, 3.8) is 0 Å². The summed E-state index contributed by atoms with van der Waals surface area (Å²) >= 11 is 0. The number of benzene rings is 1. The molecule has 4 heteroatoms. The first-order chi connectivity index (χ1) is 9.66. The average Bonchev–Trinajstić information content (AvgIpc) is 2.47. The first kappa shape index (κ1) is 14.2. The van der Waals surface area contributed by atoms with Gasteiger partial charge in [0.25, 0.3) is 0 Å². The van der Waals surface area contributed by atoms with E-state index in [0.29, 0.717) is 13.0 Å². The zero-order valence-electron chi connectivity index (χ0n) is 11.5. The maximum atomic E-state index is 12.0. The molecule has 0 saturated carbocycles. The number of hydrogen-bond acceptors (Lipinski definition) is 3. The summed E-state index contributed by atoms with van der Waals surface area (Å²) in [4.78, 5) is 16.2. The molecule has 1 aromatic carbocycles. The Morgan fingerprint density at radius 2 is 2.00 bits per heavy atom. The lowest BCUT2D eigenvalue weighted by molar-refractivity contribution is -0.122. The quantitative estimate of drug-likeness (QED) is 0.866. The van der Waals surface area contributed by atoms with Crippen molar-refractivity contribution >= 4 is 5.91 Å². The fraction of sp³-hybridized carbons (Fsp3) is 0.250. The number of aryl methyl sites for hydroxylation is 1. The summed E-state index contributed by atoms with van der Waals surface area (Å²) in [5.41, 5.74) is 8.91. The molecule has 0 unspecified atom stereocenters. The van der Waals surface area contributed by atoms with Gasteiger partial charge in [-0.2, -0.15) is 0 Å². The Morgan fingerprint density at radius 1 is 1.25 bits per heavy atom. The van der Waals surface area contributed by atoms with Crippen LogP contribution in [0, 0.1) is 6.92 Å². The van der Waals surface area contributed by atoms with Gasteiger partial charge in [0, 0.05) is 6.20 Å². The maximum absolute atomic E-state index is 12.0. The Balaban J connectivity index is 1.87. The van der Waals surface area contributed by atoms with Crippen molar-refractivity contribution in [1.29, 1.82) is 0 Å². The van der Waals surface area contributed by atoms with Gasteiger partial charge in [0.05, 0.1) is 18.3 Å². The summed E-state index contributed by atoms with van der Waals surface area (Å²) in [5, 5.41) is 2.83. The van der Waals surface area contributed by atoms with Crippen molar-refractivity contribution in [2.75, 3.05) is 0 Å². The first-order valence-electron chi connectivity index (χ1n) is 6.64. The molecule has 0 aliphatic heterocycles. The van der Waals surface area contributed by atoms with Gasteiger partial charge in [0.2, 0.25) is 5.91 Å². The van der Waals surface area contributed by atoms with Gasteiger partial charge >= 0.3 is 0 Å². The molecule has 0 spiro atoms. The number of pyridine rings is 1. The van der Waals surface area contributed by atoms with Crippen LogP contribution in [-0.2, 0) is 17.8 Å². The second-order valence-electron chi connectivity index (χ2n) is 4.78. The zero-order chi connectivity index (χ0) is 14.4. The Hall–Kier alpha value is -2.20. The highest BCUT2D eigenvalue weighted by atomic mass is 16.2. The van der Waals surface area contributed by atoms with Gasteiger partial charge in [-0.25, -0.2) is 0 Å². The van der Waals surface area contributed by atoms with Crippen molar-refractivity contribution in [2.24, 2.45) is 5.73 Å². The molecular formula is C16H19N3O. The van der Waals surface area contributed by atoms with Gasteiger partial charge in [-0.15, -0.1) is 0 Å². The number of hydrogen-bond donors (Lipinski definition) is 2. The Labute approximate surface area is 119 Å². The summed E-state index contributed by atoms with van der Waals surface area (Å²) < 4.78 is 0. The van der Waals surface area contributed by atoms with E-state index in [1.165, 1.54) is 0 Å². The van der Waals surface area contributed by atoms with Crippen LogP contribution in [0.15, 0.2) is 48.7 Å². The minimum atomic E-state index is -0.540. The van der Waals surface area contributed by atoms with Crippen LogP contribution in [0.2, 0.25) is 0 Å². The molecule has 4 nitrogen and oxygen atoms in total. The highest BCUT2D eigenvalue weighted by Gasteiger charge is 2.14. The van der Waals surface area contributed by atoms with Crippen LogP contribution in [0.5, 0.6) is 0 Å². The van der Waals surface area contributed by atoms with E-state index in [1.54, 1.807) is 6.20 Å². The molecule has 1 atom stereocenters. The molecule has 20 heavy (non-hydrogen) atoms. The molecule has 0 aliphatic carbocycles. The summed E-state index contributed by atoms with van der Waals surface area (Å²) in [6.45, 7) is 2.38. The Bertz CT molecular complexity index is 569. The standard InChI is InChI=1S/C16H19N3O/c1-12-6-5-9-18-15(12)11-19-16(20)14(17)10-13-7-3-2-4-8-13/h2-9,14H,10-11,17H2,1H3,(H,19,20)/t14-/m0/s1. The molecule has 3 N–H and O–H groups in total. The van der Waals surface area contributed by atoms with Gasteiger partial charge in [-0.1, -0.05) is 36.4 Å². The summed E-state index contributed by atoms with van der Waals surface area (Å²) in [7, 11) is 0. The molecule has 2 aromatic rings. The maximum Gasteiger partial charge on any atom is 0.237 e. The van der Waals surface area contributed by atoms with Crippen molar-refractivity contribution in [2.45, 2.75) is 25.9 Å². The molecule has 2 rings (SSSR count). The van der Waals surface area contributed by atoms with Crippen molar-refractivity contribution in [3.8, 4) is 0 Å². The van der Waals surface area contributed by atoms with E-state index in [0.717, 1.165) is 16.8 Å². The van der Waals surface area contributed by atoms with Crippen LogP contribution < -0.4 is 11.1 Å². The number of carbonyl (C=O) groups excluding carboxylic acids is 1. The minimum Gasteiger partial charge on any atom is -0.349 e. The fourth-order valence-corrected chi connectivity index (χ4v) is 1.97. The van der Waals surface area contributed by atoms with E-state index in [-0.39, 0.29) is 5.91 Å². The molecular weight excluding hydrogens is 250 g/mol. The van der Waals surface area contributed by atoms with E-state index in [2.05, 4.69) is 10.3 Å². The van der Waals surface area contributed by atoms with Gasteiger partial charge in [0.15, 0.2) is 0 Å². The lowest BCUT2D eigenvalue weighted by Crippen LogP contribution is -2.41. The summed E-state index contributed by atoms with van der Waals surface area (Å²) in [6.07, 6.45) is 2.26. The predicted octanol–water partition coefficient (Wildman–Crippen LogP) is 1.58. The molecule has 0 radical (unpaired) electrons. The minimum absolute atomic E-state index is 0.154. The fourth-order valence-electron chi connectivity index (χ4n) is 1.97. The molecule has 104 valence electrons. The molecule has 1 heterocycles. The van der Waals surface area contributed by atoms with Crippen LogP contribution in [0.25, 0.3) is 0 Å². The lowest BCUT2D eigenvalue weighted by atomic mass is 10.1. The number of carbonyl (C=O) groups is 1. The van der Waals surface area contributed by atoms with Crippen molar-refractivity contribution in [3.05, 3.63) is 65.5 Å². The molecule has 1 amide bonds. The van der Waals surface area contributed by atoms with E-state index in [1.807, 2.05) is 49.4 Å².